The number of likely N-dealkylation sites (N-methyl/N-ethyl adjacent to an activating group) is 1. The van der Waals surface area contributed by atoms with Gasteiger partial charge < -0.3 is 24.6 Å². The molecule has 0 aliphatic carbocycles. The van der Waals surface area contributed by atoms with Gasteiger partial charge in [0, 0.05) is 38.9 Å². The summed E-state index contributed by atoms with van der Waals surface area (Å²) in [6.45, 7) is 8.39. The van der Waals surface area contributed by atoms with Gasteiger partial charge in [0.1, 0.15) is 5.60 Å². The Morgan fingerprint density at radius 1 is 1.26 bits per heavy atom. The summed E-state index contributed by atoms with van der Waals surface area (Å²) in [4.78, 5) is 29.0. The fourth-order valence-electron chi connectivity index (χ4n) is 3.09. The first-order valence-corrected chi connectivity index (χ1v) is 9.24. The largest absolute Gasteiger partial charge is 0.444 e. The lowest BCUT2D eigenvalue weighted by molar-refractivity contribution is 0.0403. The second-order valence-electron chi connectivity index (χ2n) is 7.93. The van der Waals surface area contributed by atoms with Crippen molar-refractivity contribution in [2.45, 2.75) is 39.0 Å². The number of carbonyl (C=O) groups is 2. The maximum Gasteiger partial charge on any atom is 0.407 e. The third-order valence-electron chi connectivity index (χ3n) is 4.31. The van der Waals surface area contributed by atoms with Crippen LogP contribution in [-0.4, -0.2) is 73.8 Å². The Morgan fingerprint density at radius 2 is 2.00 bits per heavy atom. The molecule has 1 N–H and O–H groups in total. The molecule has 150 valence electrons. The number of piperazine rings is 1. The van der Waals surface area contributed by atoms with E-state index < -0.39 is 11.7 Å². The number of rotatable bonds is 5. The van der Waals surface area contributed by atoms with Crippen molar-refractivity contribution in [3.8, 4) is 0 Å². The lowest BCUT2D eigenvalue weighted by Gasteiger charge is -2.40. The predicted octanol–water partition coefficient (Wildman–Crippen LogP) is 2.11. The molecule has 1 aromatic rings. The highest BCUT2D eigenvalue weighted by Crippen LogP contribution is 2.15. The fourth-order valence-corrected chi connectivity index (χ4v) is 3.09. The predicted molar refractivity (Wildman–Crippen MR) is 104 cm³/mol. The summed E-state index contributed by atoms with van der Waals surface area (Å²) < 4.78 is 10.5. The summed E-state index contributed by atoms with van der Waals surface area (Å²) in [5, 5.41) is 2.80. The fraction of sp³-hybridized carbons (Fsp3) is 0.600. The Hall–Kier alpha value is -2.12. The average Bonchev–Trinajstić information content (AvgIpc) is 2.58. The molecule has 7 heteroatoms. The van der Waals surface area contributed by atoms with Crippen LogP contribution in [-0.2, 0) is 16.1 Å². The number of alkyl carbamates (subject to hydrolysis) is 1. The van der Waals surface area contributed by atoms with Gasteiger partial charge in [-0.15, -0.1) is 0 Å². The molecular weight excluding hydrogens is 346 g/mol. The Bertz CT molecular complexity index is 657. The number of ether oxygens (including phenoxy) is 2. The molecule has 0 aromatic heterocycles. The lowest BCUT2D eigenvalue weighted by Crippen LogP contribution is -2.58. The van der Waals surface area contributed by atoms with Gasteiger partial charge in [-0.2, -0.15) is 0 Å². The van der Waals surface area contributed by atoms with Crippen molar-refractivity contribution in [2.75, 3.05) is 40.3 Å². The van der Waals surface area contributed by atoms with Crippen LogP contribution in [0.2, 0.25) is 0 Å². The zero-order valence-corrected chi connectivity index (χ0v) is 16.9. The Morgan fingerprint density at radius 3 is 2.67 bits per heavy atom. The third-order valence-corrected chi connectivity index (χ3v) is 4.31. The van der Waals surface area contributed by atoms with Gasteiger partial charge >= 0.3 is 6.09 Å². The van der Waals surface area contributed by atoms with E-state index in [1.807, 2.05) is 57.0 Å². The molecule has 1 atom stereocenters. The molecule has 2 amide bonds. The number of hydrogen-bond donors (Lipinski definition) is 1. The van der Waals surface area contributed by atoms with Crippen LogP contribution in [0.15, 0.2) is 24.3 Å². The summed E-state index contributed by atoms with van der Waals surface area (Å²) >= 11 is 0. The zero-order chi connectivity index (χ0) is 20.0. The lowest BCUT2D eigenvalue weighted by atomic mass is 10.1. The smallest absolute Gasteiger partial charge is 0.407 e. The van der Waals surface area contributed by atoms with Gasteiger partial charge in [0.05, 0.1) is 12.6 Å². The van der Waals surface area contributed by atoms with Crippen molar-refractivity contribution >= 4 is 12.0 Å². The molecule has 27 heavy (non-hydrogen) atoms. The summed E-state index contributed by atoms with van der Waals surface area (Å²) in [6.07, 6.45) is -0.467. The van der Waals surface area contributed by atoms with E-state index in [4.69, 9.17) is 9.47 Å². The van der Waals surface area contributed by atoms with E-state index in [0.717, 1.165) is 12.1 Å². The molecule has 1 aliphatic rings. The Balaban J connectivity index is 2.07. The summed E-state index contributed by atoms with van der Waals surface area (Å²) in [6, 6.07) is 7.37. The van der Waals surface area contributed by atoms with E-state index >= 15 is 0 Å². The molecule has 1 aliphatic heterocycles. The first kappa shape index (κ1) is 21.2. The molecule has 0 radical (unpaired) electrons. The van der Waals surface area contributed by atoms with Gasteiger partial charge in [0.15, 0.2) is 0 Å². The average molecular weight is 377 g/mol. The van der Waals surface area contributed by atoms with Crippen molar-refractivity contribution in [1.29, 1.82) is 0 Å². The highest BCUT2D eigenvalue weighted by atomic mass is 16.6. The quantitative estimate of drug-likeness (QED) is 0.851. The van der Waals surface area contributed by atoms with Gasteiger partial charge in [-0.05, 0) is 45.5 Å². The number of nitrogens with one attached hydrogen (secondary N) is 1. The van der Waals surface area contributed by atoms with Crippen LogP contribution in [0.5, 0.6) is 0 Å². The van der Waals surface area contributed by atoms with Crippen LogP contribution < -0.4 is 5.32 Å². The van der Waals surface area contributed by atoms with Gasteiger partial charge in [-0.25, -0.2) is 4.79 Å². The first-order chi connectivity index (χ1) is 12.7. The van der Waals surface area contributed by atoms with Gasteiger partial charge in [0.2, 0.25) is 0 Å². The number of carbonyl (C=O) groups excluding carboxylic acids is 2. The van der Waals surface area contributed by atoms with Crippen molar-refractivity contribution in [3.05, 3.63) is 35.4 Å². The highest BCUT2D eigenvalue weighted by molar-refractivity contribution is 5.94. The minimum absolute atomic E-state index is 0.0305. The number of nitrogens with zero attached hydrogens (tertiary/aromatic N) is 2. The molecular formula is C20H31N3O4. The van der Waals surface area contributed by atoms with Crippen LogP contribution in [0.3, 0.4) is 0 Å². The number of hydrogen-bond acceptors (Lipinski definition) is 5. The van der Waals surface area contributed by atoms with Crippen molar-refractivity contribution < 1.29 is 19.1 Å². The van der Waals surface area contributed by atoms with Gasteiger partial charge in [-0.1, -0.05) is 12.1 Å². The van der Waals surface area contributed by atoms with E-state index in [9.17, 15) is 9.59 Å². The van der Waals surface area contributed by atoms with Gasteiger partial charge in [0.25, 0.3) is 5.91 Å². The topological polar surface area (TPSA) is 71.1 Å². The minimum Gasteiger partial charge on any atom is -0.444 e. The summed E-state index contributed by atoms with van der Waals surface area (Å²) in [5.41, 5.74) is 1.04. The van der Waals surface area contributed by atoms with E-state index in [1.54, 1.807) is 7.11 Å². The summed E-state index contributed by atoms with van der Waals surface area (Å²) in [7, 11) is 3.65. The molecule has 0 spiro atoms. The monoisotopic (exact) mass is 377 g/mol. The molecule has 7 nitrogen and oxygen atoms in total. The third kappa shape index (κ3) is 6.52. The van der Waals surface area contributed by atoms with Crippen LogP contribution in [0.1, 0.15) is 36.7 Å². The van der Waals surface area contributed by atoms with E-state index in [-0.39, 0.29) is 11.9 Å². The maximum atomic E-state index is 13.1. The first-order valence-electron chi connectivity index (χ1n) is 9.24. The van der Waals surface area contributed by atoms with Crippen LogP contribution in [0.25, 0.3) is 0 Å². The molecule has 0 saturated carbocycles. The van der Waals surface area contributed by atoms with Crippen molar-refractivity contribution in [1.82, 2.24) is 15.1 Å². The van der Waals surface area contributed by atoms with E-state index in [2.05, 4.69) is 10.2 Å². The number of benzene rings is 1. The second kappa shape index (κ2) is 9.19. The van der Waals surface area contributed by atoms with E-state index in [0.29, 0.717) is 31.8 Å². The SMILES string of the molecule is COCc1cccc(C(=O)N2CCN(C)CC2CNC(=O)OC(C)(C)C)c1. The maximum absolute atomic E-state index is 13.1. The van der Waals surface area contributed by atoms with Gasteiger partial charge in [-0.3, -0.25) is 4.79 Å². The second-order valence-corrected chi connectivity index (χ2v) is 7.93. The van der Waals surface area contributed by atoms with Crippen LogP contribution in [0, 0.1) is 0 Å². The Kier molecular flexibility index (Phi) is 7.21. The molecule has 1 unspecified atom stereocenters. The molecule has 1 saturated heterocycles. The van der Waals surface area contributed by atoms with Crippen LogP contribution >= 0.6 is 0 Å². The Labute approximate surface area is 161 Å². The molecule has 0 bridgehead atoms. The highest BCUT2D eigenvalue weighted by Gasteiger charge is 2.30. The number of methoxy groups -OCH3 is 1. The standard InChI is InChI=1S/C20H31N3O4/c1-20(2,3)27-19(25)21-12-17-13-22(4)9-10-23(17)18(24)16-8-6-7-15(11-16)14-26-5/h6-8,11,17H,9-10,12-14H2,1-5H3,(H,21,25). The summed E-state index contributed by atoms with van der Waals surface area (Å²) in [5.74, 6) is -0.0305. The minimum atomic E-state index is -0.551. The number of amides is 2. The normalized spacial score (nSPS) is 18.3. The molecule has 1 aromatic carbocycles. The molecule has 1 heterocycles. The zero-order valence-electron chi connectivity index (χ0n) is 16.9. The van der Waals surface area contributed by atoms with Crippen molar-refractivity contribution in [2.24, 2.45) is 0 Å². The molecule has 2 rings (SSSR count). The molecule has 1 fully saturated rings. The van der Waals surface area contributed by atoms with E-state index in [1.165, 1.54) is 0 Å². The van der Waals surface area contributed by atoms with Crippen molar-refractivity contribution in [3.63, 3.8) is 0 Å². The van der Waals surface area contributed by atoms with Crippen LogP contribution in [0.4, 0.5) is 4.79 Å².